The van der Waals surface area contributed by atoms with Gasteiger partial charge in [0.1, 0.15) is 0 Å². The van der Waals surface area contributed by atoms with Crippen molar-refractivity contribution >= 4 is 0 Å². The van der Waals surface area contributed by atoms with Crippen LogP contribution in [0, 0.1) is 11.8 Å². The molecule has 2 rings (SSSR count). The van der Waals surface area contributed by atoms with Crippen LogP contribution in [0.3, 0.4) is 0 Å². The Hall–Kier alpha value is -0.120. The van der Waals surface area contributed by atoms with Crippen LogP contribution in [0.4, 0.5) is 0 Å². The van der Waals surface area contributed by atoms with Gasteiger partial charge in [0.15, 0.2) is 0 Å². The Labute approximate surface area is 93.2 Å². The normalized spacial score (nSPS) is 33.4. The van der Waals surface area contributed by atoms with Crippen LogP contribution >= 0.6 is 0 Å². The van der Waals surface area contributed by atoms with Crippen molar-refractivity contribution in [1.82, 2.24) is 10.2 Å². The van der Waals surface area contributed by atoms with Crippen LogP contribution in [-0.2, 0) is 4.74 Å². The van der Waals surface area contributed by atoms with E-state index in [0.29, 0.717) is 0 Å². The maximum atomic E-state index is 5.53. The van der Waals surface area contributed by atoms with Gasteiger partial charge in [-0.15, -0.1) is 0 Å². The third-order valence-corrected chi connectivity index (χ3v) is 3.63. The molecule has 15 heavy (non-hydrogen) atoms. The van der Waals surface area contributed by atoms with Crippen molar-refractivity contribution in [2.45, 2.75) is 19.3 Å². The Balaban J connectivity index is 1.67. The molecule has 0 saturated carbocycles. The average Bonchev–Trinajstić information content (AvgIpc) is 2.68. The van der Waals surface area contributed by atoms with Gasteiger partial charge < -0.3 is 15.0 Å². The summed E-state index contributed by atoms with van der Waals surface area (Å²) in [7, 11) is 2.05. The fraction of sp³-hybridized carbons (Fsp3) is 1.00. The first-order valence-corrected chi connectivity index (χ1v) is 6.33. The highest BCUT2D eigenvalue weighted by molar-refractivity contribution is 4.79. The first-order valence-electron chi connectivity index (χ1n) is 6.33. The number of rotatable bonds is 4. The SMILES string of the molecule is CNCC1CCN(CC2CCCOC2)C1. The smallest absolute Gasteiger partial charge is 0.0506 e. The summed E-state index contributed by atoms with van der Waals surface area (Å²) in [6, 6.07) is 0. The molecule has 88 valence electrons. The molecule has 2 saturated heterocycles. The summed E-state index contributed by atoms with van der Waals surface area (Å²) >= 11 is 0. The van der Waals surface area contributed by atoms with Gasteiger partial charge in [-0.25, -0.2) is 0 Å². The molecule has 2 unspecified atom stereocenters. The van der Waals surface area contributed by atoms with Gasteiger partial charge in [0.2, 0.25) is 0 Å². The monoisotopic (exact) mass is 212 g/mol. The minimum atomic E-state index is 0.798. The maximum Gasteiger partial charge on any atom is 0.0506 e. The number of ether oxygens (including phenoxy) is 1. The lowest BCUT2D eigenvalue weighted by molar-refractivity contribution is 0.0413. The highest BCUT2D eigenvalue weighted by atomic mass is 16.5. The zero-order valence-electron chi connectivity index (χ0n) is 9.87. The molecule has 3 heteroatoms. The molecule has 2 fully saturated rings. The number of hydrogen-bond donors (Lipinski definition) is 1. The molecule has 0 bridgehead atoms. The zero-order valence-corrected chi connectivity index (χ0v) is 9.87. The fourth-order valence-corrected chi connectivity index (χ4v) is 2.85. The van der Waals surface area contributed by atoms with E-state index in [0.717, 1.165) is 25.0 Å². The maximum absolute atomic E-state index is 5.53. The van der Waals surface area contributed by atoms with Crippen LogP contribution < -0.4 is 5.32 Å². The number of nitrogens with one attached hydrogen (secondary N) is 1. The predicted octanol–water partition coefficient (Wildman–Crippen LogP) is 0.954. The van der Waals surface area contributed by atoms with Crippen LogP contribution in [0.5, 0.6) is 0 Å². The number of hydrogen-bond acceptors (Lipinski definition) is 3. The van der Waals surface area contributed by atoms with Crippen molar-refractivity contribution in [2.24, 2.45) is 11.8 Å². The van der Waals surface area contributed by atoms with Gasteiger partial charge in [-0.1, -0.05) is 0 Å². The molecule has 0 amide bonds. The van der Waals surface area contributed by atoms with E-state index in [1.165, 1.54) is 45.4 Å². The van der Waals surface area contributed by atoms with E-state index in [9.17, 15) is 0 Å². The van der Waals surface area contributed by atoms with Crippen molar-refractivity contribution in [2.75, 3.05) is 46.4 Å². The van der Waals surface area contributed by atoms with E-state index in [1.54, 1.807) is 0 Å². The Morgan fingerprint density at radius 1 is 1.33 bits per heavy atom. The number of likely N-dealkylation sites (tertiary alicyclic amines) is 1. The van der Waals surface area contributed by atoms with Gasteiger partial charge in [-0.3, -0.25) is 0 Å². The van der Waals surface area contributed by atoms with Crippen molar-refractivity contribution in [3.63, 3.8) is 0 Å². The summed E-state index contributed by atoms with van der Waals surface area (Å²) in [6.07, 6.45) is 4.00. The first-order chi connectivity index (χ1) is 7.38. The Bertz CT molecular complexity index is 180. The molecule has 3 nitrogen and oxygen atoms in total. The zero-order chi connectivity index (χ0) is 10.5. The molecule has 2 atom stereocenters. The second-order valence-corrected chi connectivity index (χ2v) is 5.06. The summed E-state index contributed by atoms with van der Waals surface area (Å²) in [6.45, 7) is 7.00. The molecular weight excluding hydrogens is 188 g/mol. The van der Waals surface area contributed by atoms with Crippen molar-refractivity contribution in [1.29, 1.82) is 0 Å². The van der Waals surface area contributed by atoms with E-state index in [-0.39, 0.29) is 0 Å². The molecule has 1 N–H and O–H groups in total. The molecule has 2 aliphatic heterocycles. The van der Waals surface area contributed by atoms with Crippen LogP contribution in [0.1, 0.15) is 19.3 Å². The first kappa shape index (κ1) is 11.4. The van der Waals surface area contributed by atoms with Gasteiger partial charge in [0.05, 0.1) is 6.61 Å². The van der Waals surface area contributed by atoms with Crippen molar-refractivity contribution in [3.05, 3.63) is 0 Å². The molecular formula is C12H24N2O. The van der Waals surface area contributed by atoms with Gasteiger partial charge >= 0.3 is 0 Å². The average molecular weight is 212 g/mol. The molecule has 0 aromatic heterocycles. The lowest BCUT2D eigenvalue weighted by atomic mass is 10.0. The highest BCUT2D eigenvalue weighted by Crippen LogP contribution is 2.20. The second kappa shape index (κ2) is 5.83. The minimum Gasteiger partial charge on any atom is -0.381 e. The summed E-state index contributed by atoms with van der Waals surface area (Å²) in [5.74, 6) is 1.67. The summed E-state index contributed by atoms with van der Waals surface area (Å²) in [4.78, 5) is 2.63. The van der Waals surface area contributed by atoms with Gasteiger partial charge in [-0.05, 0) is 51.2 Å². The van der Waals surface area contributed by atoms with E-state index in [2.05, 4.69) is 17.3 Å². The minimum absolute atomic E-state index is 0.798. The molecule has 2 heterocycles. The molecule has 0 radical (unpaired) electrons. The third-order valence-electron chi connectivity index (χ3n) is 3.63. The molecule has 2 aliphatic rings. The quantitative estimate of drug-likeness (QED) is 0.751. The van der Waals surface area contributed by atoms with E-state index in [4.69, 9.17) is 4.74 Å². The molecule has 0 aromatic carbocycles. The Morgan fingerprint density at radius 3 is 3.00 bits per heavy atom. The Kier molecular flexibility index (Phi) is 4.42. The van der Waals surface area contributed by atoms with Crippen molar-refractivity contribution in [3.8, 4) is 0 Å². The second-order valence-electron chi connectivity index (χ2n) is 5.06. The molecule has 0 aliphatic carbocycles. The van der Waals surface area contributed by atoms with Crippen LogP contribution in [0.2, 0.25) is 0 Å². The fourth-order valence-electron chi connectivity index (χ4n) is 2.85. The van der Waals surface area contributed by atoms with E-state index >= 15 is 0 Å². The molecule has 0 spiro atoms. The summed E-state index contributed by atoms with van der Waals surface area (Å²) in [5.41, 5.74) is 0. The van der Waals surface area contributed by atoms with E-state index in [1.807, 2.05) is 0 Å². The van der Waals surface area contributed by atoms with Gasteiger partial charge in [0.25, 0.3) is 0 Å². The molecule has 0 aromatic rings. The van der Waals surface area contributed by atoms with Gasteiger partial charge in [-0.2, -0.15) is 0 Å². The van der Waals surface area contributed by atoms with Crippen LogP contribution in [0.15, 0.2) is 0 Å². The van der Waals surface area contributed by atoms with Crippen LogP contribution in [0.25, 0.3) is 0 Å². The van der Waals surface area contributed by atoms with Gasteiger partial charge in [0, 0.05) is 19.7 Å². The van der Waals surface area contributed by atoms with Crippen LogP contribution in [-0.4, -0.2) is 51.3 Å². The Morgan fingerprint density at radius 2 is 2.27 bits per heavy atom. The largest absolute Gasteiger partial charge is 0.381 e. The predicted molar refractivity (Wildman–Crippen MR) is 62.0 cm³/mol. The standard InChI is InChI=1S/C12H24N2O/c1-13-7-11-4-5-14(8-11)9-12-3-2-6-15-10-12/h11-13H,2-10H2,1H3. The third kappa shape index (κ3) is 3.44. The topological polar surface area (TPSA) is 24.5 Å². The van der Waals surface area contributed by atoms with E-state index < -0.39 is 0 Å². The lowest BCUT2D eigenvalue weighted by Crippen LogP contribution is -2.32. The summed E-state index contributed by atoms with van der Waals surface area (Å²) in [5, 5.41) is 3.28. The highest BCUT2D eigenvalue weighted by Gasteiger charge is 2.24. The van der Waals surface area contributed by atoms with Crippen molar-refractivity contribution < 1.29 is 4.74 Å². The summed E-state index contributed by atoms with van der Waals surface area (Å²) < 4.78 is 5.53. The lowest BCUT2D eigenvalue weighted by Gasteiger charge is -2.26. The number of nitrogens with zero attached hydrogens (tertiary/aromatic N) is 1.